The van der Waals surface area contributed by atoms with Gasteiger partial charge in [-0.05, 0) is 24.3 Å². The molecule has 0 bridgehead atoms. The van der Waals surface area contributed by atoms with Crippen molar-refractivity contribution in [2.24, 2.45) is 5.92 Å². The highest BCUT2D eigenvalue weighted by atomic mass is 35.5. The number of nitrogens with zero attached hydrogens (tertiary/aromatic N) is 1. The summed E-state index contributed by atoms with van der Waals surface area (Å²) >= 11 is 5.54. The number of alkyl halides is 3. The highest BCUT2D eigenvalue weighted by Crippen LogP contribution is 2.28. The van der Waals surface area contributed by atoms with Crippen LogP contribution in [0.1, 0.15) is 0 Å². The van der Waals surface area contributed by atoms with Gasteiger partial charge in [0.15, 0.2) is 15.8 Å². The lowest BCUT2D eigenvalue weighted by Gasteiger charge is -2.13. The first-order valence-corrected chi connectivity index (χ1v) is 6.64. The van der Waals surface area contributed by atoms with E-state index in [1.807, 2.05) is 0 Å². The highest BCUT2D eigenvalue weighted by molar-refractivity contribution is 7.91. The van der Waals surface area contributed by atoms with Gasteiger partial charge in [0.05, 0.1) is 16.7 Å². The van der Waals surface area contributed by atoms with Crippen molar-refractivity contribution in [3.05, 3.63) is 29.3 Å². The zero-order valence-electron chi connectivity index (χ0n) is 8.78. The molecule has 0 fully saturated rings. The fraction of sp³-hybridized carbons (Fsp3) is 0.300. The second-order valence-corrected chi connectivity index (χ2v) is 5.93. The van der Waals surface area contributed by atoms with Crippen molar-refractivity contribution >= 4 is 21.4 Å². The third-order valence-corrected chi connectivity index (χ3v) is 4.12. The molecule has 0 N–H and O–H groups in total. The van der Waals surface area contributed by atoms with Crippen LogP contribution in [0.4, 0.5) is 13.2 Å². The molecule has 0 saturated carbocycles. The Morgan fingerprint density at radius 2 is 1.78 bits per heavy atom. The zero-order chi connectivity index (χ0) is 14.0. The molecule has 0 aliphatic carbocycles. The molecule has 0 aliphatic heterocycles. The number of rotatable bonds is 3. The van der Waals surface area contributed by atoms with Crippen molar-refractivity contribution in [2.45, 2.75) is 11.1 Å². The van der Waals surface area contributed by atoms with Gasteiger partial charge in [-0.3, -0.25) is 0 Å². The van der Waals surface area contributed by atoms with E-state index in [-0.39, 0.29) is 9.92 Å². The molecule has 18 heavy (non-hydrogen) atoms. The van der Waals surface area contributed by atoms with Gasteiger partial charge in [-0.25, -0.2) is 8.42 Å². The molecule has 0 aliphatic rings. The van der Waals surface area contributed by atoms with Crippen LogP contribution in [0.15, 0.2) is 29.2 Å². The van der Waals surface area contributed by atoms with Crippen LogP contribution in [0, 0.1) is 17.2 Å². The number of hydrogen-bond donors (Lipinski definition) is 0. The molecule has 1 rings (SSSR count). The molecule has 0 heterocycles. The number of halogens is 4. The van der Waals surface area contributed by atoms with Gasteiger partial charge >= 0.3 is 6.18 Å². The van der Waals surface area contributed by atoms with Crippen LogP contribution < -0.4 is 0 Å². The summed E-state index contributed by atoms with van der Waals surface area (Å²) in [7, 11) is -4.17. The van der Waals surface area contributed by atoms with E-state index in [9.17, 15) is 21.6 Å². The van der Waals surface area contributed by atoms with Gasteiger partial charge in [0.2, 0.25) is 0 Å². The third-order valence-electron chi connectivity index (χ3n) is 2.11. The molecule has 98 valence electrons. The first-order chi connectivity index (χ1) is 8.16. The molecule has 1 aromatic rings. The third kappa shape index (κ3) is 3.62. The van der Waals surface area contributed by atoms with E-state index in [2.05, 4.69) is 0 Å². The Bertz CT molecular complexity index is 560. The second kappa shape index (κ2) is 5.16. The lowest BCUT2D eigenvalue weighted by atomic mass is 10.2. The van der Waals surface area contributed by atoms with Crippen LogP contribution in [0.2, 0.25) is 5.02 Å². The summed E-state index contributed by atoms with van der Waals surface area (Å²) in [5, 5.41) is 8.63. The van der Waals surface area contributed by atoms with E-state index in [0.29, 0.717) is 0 Å². The maximum atomic E-state index is 12.3. The Morgan fingerprint density at radius 3 is 2.17 bits per heavy atom. The van der Waals surface area contributed by atoms with Gasteiger partial charge in [-0.1, -0.05) is 11.6 Å². The summed E-state index contributed by atoms with van der Waals surface area (Å²) in [4.78, 5) is -0.295. The van der Waals surface area contributed by atoms with Crippen molar-refractivity contribution in [3.8, 4) is 6.07 Å². The standard InChI is InChI=1S/C10H7ClF3NO2S/c11-8-1-3-9(4-2-8)18(16,17)6-7(5-15)10(12,13)14/h1-4,7H,6H2. The molecule has 1 unspecified atom stereocenters. The van der Waals surface area contributed by atoms with E-state index < -0.39 is 27.7 Å². The fourth-order valence-electron chi connectivity index (χ4n) is 1.16. The maximum absolute atomic E-state index is 12.3. The molecule has 0 spiro atoms. The SMILES string of the molecule is N#CC(CS(=O)(=O)c1ccc(Cl)cc1)C(F)(F)F. The van der Waals surface area contributed by atoms with E-state index in [4.69, 9.17) is 16.9 Å². The van der Waals surface area contributed by atoms with Gasteiger partial charge in [0.1, 0.15) is 0 Å². The molecule has 0 aromatic heterocycles. The predicted molar refractivity (Wildman–Crippen MR) is 58.7 cm³/mol. The summed E-state index contributed by atoms with van der Waals surface area (Å²) < 4.78 is 60.3. The molecule has 0 amide bonds. The highest BCUT2D eigenvalue weighted by Gasteiger charge is 2.43. The number of sulfone groups is 1. The van der Waals surface area contributed by atoms with Crippen LogP contribution in [0.25, 0.3) is 0 Å². The number of nitriles is 1. The van der Waals surface area contributed by atoms with Crippen molar-refractivity contribution in [1.82, 2.24) is 0 Å². The maximum Gasteiger partial charge on any atom is 0.405 e. The largest absolute Gasteiger partial charge is 0.405 e. The van der Waals surface area contributed by atoms with Crippen LogP contribution in [-0.4, -0.2) is 20.3 Å². The molecular weight excluding hydrogens is 291 g/mol. The molecule has 1 atom stereocenters. The van der Waals surface area contributed by atoms with Crippen molar-refractivity contribution in [1.29, 1.82) is 5.26 Å². The van der Waals surface area contributed by atoms with Crippen molar-refractivity contribution in [3.63, 3.8) is 0 Å². The molecular formula is C10H7ClF3NO2S. The molecule has 0 saturated heterocycles. The van der Waals surface area contributed by atoms with E-state index in [1.54, 1.807) is 0 Å². The van der Waals surface area contributed by atoms with E-state index >= 15 is 0 Å². The minimum Gasteiger partial charge on any atom is -0.224 e. The molecule has 1 aromatic carbocycles. The lowest BCUT2D eigenvalue weighted by Crippen LogP contribution is -2.28. The topological polar surface area (TPSA) is 57.9 Å². The van der Waals surface area contributed by atoms with Crippen LogP contribution in [-0.2, 0) is 9.84 Å². The van der Waals surface area contributed by atoms with Gasteiger partial charge in [-0.2, -0.15) is 18.4 Å². The normalized spacial score (nSPS) is 13.9. The molecule has 8 heteroatoms. The Kier molecular flexibility index (Phi) is 4.24. The number of hydrogen-bond acceptors (Lipinski definition) is 3. The van der Waals surface area contributed by atoms with Crippen molar-refractivity contribution < 1.29 is 21.6 Å². The second-order valence-electron chi connectivity index (χ2n) is 3.46. The summed E-state index contributed by atoms with van der Waals surface area (Å²) in [5.41, 5.74) is 0. The summed E-state index contributed by atoms with van der Waals surface area (Å²) in [6.45, 7) is 0. The minimum absolute atomic E-state index is 0.265. The van der Waals surface area contributed by atoms with Crippen LogP contribution >= 0.6 is 11.6 Å². The quantitative estimate of drug-likeness (QED) is 0.862. The Balaban J connectivity index is 3.03. The Labute approximate surface area is 107 Å². The van der Waals surface area contributed by atoms with E-state index in [0.717, 1.165) is 18.2 Å². The van der Waals surface area contributed by atoms with Gasteiger partial charge in [0, 0.05) is 5.02 Å². The van der Waals surface area contributed by atoms with E-state index in [1.165, 1.54) is 12.1 Å². The average molecular weight is 298 g/mol. The van der Waals surface area contributed by atoms with Gasteiger partial charge in [0.25, 0.3) is 0 Å². The summed E-state index contributed by atoms with van der Waals surface area (Å²) in [6.07, 6.45) is -4.87. The Hall–Kier alpha value is -1.26. The van der Waals surface area contributed by atoms with Crippen LogP contribution in [0.3, 0.4) is 0 Å². The van der Waals surface area contributed by atoms with Crippen LogP contribution in [0.5, 0.6) is 0 Å². The fourth-order valence-corrected chi connectivity index (χ4v) is 2.73. The lowest BCUT2D eigenvalue weighted by molar-refractivity contribution is -0.153. The first kappa shape index (κ1) is 14.8. The predicted octanol–water partition coefficient (Wildman–Crippen LogP) is 2.82. The Morgan fingerprint density at radius 1 is 1.28 bits per heavy atom. The molecule has 0 radical (unpaired) electrons. The molecule has 3 nitrogen and oxygen atoms in total. The average Bonchev–Trinajstić information content (AvgIpc) is 2.25. The first-order valence-electron chi connectivity index (χ1n) is 4.61. The van der Waals surface area contributed by atoms with Gasteiger partial charge < -0.3 is 0 Å². The monoisotopic (exact) mass is 297 g/mol. The van der Waals surface area contributed by atoms with Crippen molar-refractivity contribution in [2.75, 3.05) is 5.75 Å². The summed E-state index contributed by atoms with van der Waals surface area (Å²) in [5.74, 6) is -3.84. The van der Waals surface area contributed by atoms with Gasteiger partial charge in [-0.15, -0.1) is 0 Å². The number of benzene rings is 1. The zero-order valence-corrected chi connectivity index (χ0v) is 10.4. The summed E-state index contributed by atoms with van der Waals surface area (Å²) in [6, 6.07) is 5.66. The minimum atomic E-state index is -4.87. The smallest absolute Gasteiger partial charge is 0.224 e.